The minimum absolute atomic E-state index is 0.0335. The van der Waals surface area contributed by atoms with Crippen molar-refractivity contribution in [2.75, 3.05) is 13.7 Å². The largest absolute Gasteiger partial charge is 0.457 e. The maximum Gasteiger partial charge on any atom is 0.340 e. The van der Waals surface area contributed by atoms with E-state index >= 15 is 0 Å². The first-order chi connectivity index (χ1) is 8.45. The number of nitro benzene ring substituents is 1. The molecule has 0 heterocycles. The molecule has 1 aromatic carbocycles. The van der Waals surface area contributed by atoms with Gasteiger partial charge >= 0.3 is 5.97 Å². The number of hydrogen-bond donors (Lipinski definition) is 0. The van der Waals surface area contributed by atoms with Gasteiger partial charge in [0.2, 0.25) is 0 Å². The van der Waals surface area contributed by atoms with Gasteiger partial charge < -0.3 is 9.47 Å². The molecule has 7 heteroatoms. The van der Waals surface area contributed by atoms with Crippen LogP contribution in [0.1, 0.15) is 17.3 Å². The third-order valence-electron chi connectivity index (χ3n) is 2.09. The Balaban J connectivity index is 2.91. The molecule has 98 valence electrons. The van der Waals surface area contributed by atoms with Gasteiger partial charge in [-0.3, -0.25) is 10.1 Å². The van der Waals surface area contributed by atoms with Gasteiger partial charge in [-0.1, -0.05) is 11.6 Å². The van der Waals surface area contributed by atoms with Crippen LogP contribution >= 0.6 is 11.6 Å². The fourth-order valence-corrected chi connectivity index (χ4v) is 1.49. The van der Waals surface area contributed by atoms with Crippen molar-refractivity contribution in [2.45, 2.75) is 13.0 Å². The average Bonchev–Trinajstić information content (AvgIpc) is 2.29. The lowest BCUT2D eigenvalue weighted by Crippen LogP contribution is -2.20. The van der Waals surface area contributed by atoms with Crippen LogP contribution in [-0.2, 0) is 9.47 Å². The zero-order valence-corrected chi connectivity index (χ0v) is 10.6. The van der Waals surface area contributed by atoms with E-state index in [9.17, 15) is 14.9 Å². The van der Waals surface area contributed by atoms with Crippen molar-refractivity contribution in [1.82, 2.24) is 0 Å². The number of ether oxygens (including phenoxy) is 2. The molecule has 1 atom stereocenters. The van der Waals surface area contributed by atoms with Gasteiger partial charge in [0.05, 0.1) is 22.1 Å². The molecule has 0 saturated carbocycles. The summed E-state index contributed by atoms with van der Waals surface area (Å²) in [5.41, 5.74) is -0.250. The van der Waals surface area contributed by atoms with E-state index in [0.717, 1.165) is 6.07 Å². The molecule has 1 unspecified atom stereocenters. The van der Waals surface area contributed by atoms with Crippen LogP contribution in [0.3, 0.4) is 0 Å². The summed E-state index contributed by atoms with van der Waals surface area (Å²) in [6, 6.07) is 3.60. The first-order valence-corrected chi connectivity index (χ1v) is 5.47. The molecule has 0 bridgehead atoms. The molecule has 0 saturated heterocycles. The molecule has 0 aliphatic rings. The van der Waals surface area contributed by atoms with Gasteiger partial charge in [-0.25, -0.2) is 4.79 Å². The zero-order chi connectivity index (χ0) is 13.7. The Morgan fingerprint density at radius 3 is 2.78 bits per heavy atom. The maximum absolute atomic E-state index is 11.7. The highest BCUT2D eigenvalue weighted by molar-refractivity contribution is 6.33. The zero-order valence-electron chi connectivity index (χ0n) is 9.88. The van der Waals surface area contributed by atoms with Crippen molar-refractivity contribution in [3.63, 3.8) is 0 Å². The number of nitro groups is 1. The Kier molecular flexibility index (Phi) is 5.06. The van der Waals surface area contributed by atoms with E-state index in [2.05, 4.69) is 0 Å². The summed E-state index contributed by atoms with van der Waals surface area (Å²) in [7, 11) is 1.48. The van der Waals surface area contributed by atoms with E-state index < -0.39 is 17.0 Å². The lowest BCUT2D eigenvalue weighted by Gasteiger charge is -2.12. The second-order valence-corrected chi connectivity index (χ2v) is 4.00. The number of nitrogens with zero attached hydrogens (tertiary/aromatic N) is 1. The van der Waals surface area contributed by atoms with Crippen LogP contribution in [0.5, 0.6) is 0 Å². The molecule has 0 aliphatic heterocycles. The molecular formula is C11H12ClNO5. The Morgan fingerprint density at radius 2 is 2.22 bits per heavy atom. The number of hydrogen-bond acceptors (Lipinski definition) is 5. The fraction of sp³-hybridized carbons (Fsp3) is 0.364. The number of carbonyl (C=O) groups is 1. The number of halogens is 1. The molecule has 0 radical (unpaired) electrons. The molecule has 6 nitrogen and oxygen atoms in total. The molecule has 1 aromatic rings. The smallest absolute Gasteiger partial charge is 0.340 e. The van der Waals surface area contributed by atoms with E-state index in [1.54, 1.807) is 6.92 Å². The summed E-state index contributed by atoms with van der Waals surface area (Å²) in [6.07, 6.45) is -0.460. The normalized spacial score (nSPS) is 11.9. The summed E-state index contributed by atoms with van der Waals surface area (Å²) < 4.78 is 9.84. The average molecular weight is 274 g/mol. The van der Waals surface area contributed by atoms with Gasteiger partial charge in [0.25, 0.3) is 5.69 Å². The van der Waals surface area contributed by atoms with Gasteiger partial charge in [-0.05, 0) is 13.0 Å². The van der Waals surface area contributed by atoms with Crippen LogP contribution in [0.15, 0.2) is 18.2 Å². The monoisotopic (exact) mass is 273 g/mol. The quantitative estimate of drug-likeness (QED) is 0.468. The Hall–Kier alpha value is -1.66. The molecule has 1 rings (SSSR count). The number of non-ortho nitro benzene ring substituents is 1. The summed E-state index contributed by atoms with van der Waals surface area (Å²) in [4.78, 5) is 21.7. The van der Waals surface area contributed by atoms with Crippen molar-refractivity contribution in [3.05, 3.63) is 38.9 Å². The standard InChI is InChI=1S/C11H12ClNO5/c1-7(6-17-2)18-11(14)9-5-8(13(15)16)3-4-10(9)12/h3-5,7H,6H2,1-2H3. The van der Waals surface area contributed by atoms with Crippen molar-refractivity contribution in [3.8, 4) is 0 Å². The predicted molar refractivity (Wildman–Crippen MR) is 64.9 cm³/mol. The van der Waals surface area contributed by atoms with Crippen LogP contribution in [0, 0.1) is 10.1 Å². The van der Waals surface area contributed by atoms with E-state index in [1.807, 2.05) is 0 Å². The third kappa shape index (κ3) is 3.68. The summed E-state index contributed by atoms with van der Waals surface area (Å²) in [5.74, 6) is -0.715. The van der Waals surface area contributed by atoms with Crippen LogP contribution in [0.2, 0.25) is 5.02 Å². The van der Waals surface area contributed by atoms with Gasteiger partial charge in [-0.15, -0.1) is 0 Å². The van der Waals surface area contributed by atoms with E-state index in [0.29, 0.717) is 0 Å². The lowest BCUT2D eigenvalue weighted by atomic mass is 10.2. The maximum atomic E-state index is 11.7. The topological polar surface area (TPSA) is 78.7 Å². The molecule has 0 aliphatic carbocycles. The minimum atomic E-state index is -0.715. The summed E-state index contributed by atoms with van der Waals surface area (Å²) >= 11 is 5.80. The van der Waals surface area contributed by atoms with Crippen LogP contribution in [0.25, 0.3) is 0 Å². The van der Waals surface area contributed by atoms with E-state index in [1.165, 1.54) is 19.2 Å². The first kappa shape index (κ1) is 14.4. The molecule has 0 N–H and O–H groups in total. The summed E-state index contributed by atoms with van der Waals surface area (Å²) in [5, 5.41) is 10.7. The summed E-state index contributed by atoms with van der Waals surface area (Å²) in [6.45, 7) is 1.88. The van der Waals surface area contributed by atoms with E-state index in [4.69, 9.17) is 21.1 Å². The first-order valence-electron chi connectivity index (χ1n) is 5.09. The van der Waals surface area contributed by atoms with Gasteiger partial charge in [-0.2, -0.15) is 0 Å². The fourth-order valence-electron chi connectivity index (χ4n) is 1.30. The molecule has 0 fully saturated rings. The molecule has 0 spiro atoms. The number of methoxy groups -OCH3 is 1. The number of esters is 1. The second kappa shape index (κ2) is 6.32. The Labute approximate surface area is 109 Å². The molecule has 0 amide bonds. The van der Waals surface area contributed by atoms with Crippen LogP contribution in [-0.4, -0.2) is 30.7 Å². The minimum Gasteiger partial charge on any atom is -0.457 e. The molecule has 0 aromatic heterocycles. The van der Waals surface area contributed by atoms with Crippen molar-refractivity contribution in [1.29, 1.82) is 0 Å². The Morgan fingerprint density at radius 1 is 1.56 bits per heavy atom. The van der Waals surface area contributed by atoms with Crippen molar-refractivity contribution < 1.29 is 19.2 Å². The van der Waals surface area contributed by atoms with Crippen molar-refractivity contribution in [2.24, 2.45) is 0 Å². The van der Waals surface area contributed by atoms with Gasteiger partial charge in [0, 0.05) is 19.2 Å². The van der Waals surface area contributed by atoms with Gasteiger partial charge in [0.15, 0.2) is 0 Å². The third-order valence-corrected chi connectivity index (χ3v) is 2.42. The van der Waals surface area contributed by atoms with E-state index in [-0.39, 0.29) is 22.9 Å². The van der Waals surface area contributed by atoms with Gasteiger partial charge in [0.1, 0.15) is 6.10 Å². The second-order valence-electron chi connectivity index (χ2n) is 3.59. The molecular weight excluding hydrogens is 262 g/mol. The van der Waals surface area contributed by atoms with Crippen LogP contribution in [0.4, 0.5) is 5.69 Å². The van der Waals surface area contributed by atoms with Crippen LogP contribution < -0.4 is 0 Å². The Bertz CT molecular complexity index is 463. The lowest BCUT2D eigenvalue weighted by molar-refractivity contribution is -0.384. The van der Waals surface area contributed by atoms with Crippen molar-refractivity contribution >= 4 is 23.3 Å². The predicted octanol–water partition coefficient (Wildman–Crippen LogP) is 2.44. The number of rotatable bonds is 5. The highest BCUT2D eigenvalue weighted by Crippen LogP contribution is 2.23. The molecule has 18 heavy (non-hydrogen) atoms. The number of carbonyl (C=O) groups excluding carboxylic acids is 1. The number of benzene rings is 1. The SMILES string of the molecule is COCC(C)OC(=O)c1cc([N+](=O)[O-])ccc1Cl. The highest BCUT2D eigenvalue weighted by atomic mass is 35.5. The highest BCUT2D eigenvalue weighted by Gasteiger charge is 2.18.